The van der Waals surface area contributed by atoms with Crippen LogP contribution in [0.3, 0.4) is 0 Å². The Labute approximate surface area is 144 Å². The van der Waals surface area contributed by atoms with Gasteiger partial charge in [0.15, 0.2) is 11.8 Å². The lowest BCUT2D eigenvalue weighted by molar-refractivity contribution is -0.136. The van der Waals surface area contributed by atoms with Crippen LogP contribution in [-0.4, -0.2) is 47.6 Å². The minimum absolute atomic E-state index is 0.229. The Morgan fingerprint density at radius 3 is 2.20 bits per heavy atom. The normalized spacial score (nSPS) is 22.2. The molecule has 0 spiro atoms. The predicted molar refractivity (Wildman–Crippen MR) is 87.7 cm³/mol. The minimum Gasteiger partial charge on any atom is -0.464 e. The monoisotopic (exact) mass is 343 g/mol. The van der Waals surface area contributed by atoms with Crippen LogP contribution in [0.25, 0.3) is 0 Å². The smallest absolute Gasteiger partial charge is 0.355 e. The summed E-state index contributed by atoms with van der Waals surface area (Å²) in [5, 5.41) is 4.75. The maximum atomic E-state index is 12.9. The molecule has 1 aromatic rings. The molecule has 8 heteroatoms. The molecule has 2 aliphatic heterocycles. The van der Waals surface area contributed by atoms with Gasteiger partial charge in [0.1, 0.15) is 5.92 Å². The second-order valence-corrected chi connectivity index (χ2v) is 6.12. The average molecular weight is 343 g/mol. The number of methoxy groups -OCH3 is 1. The summed E-state index contributed by atoms with van der Waals surface area (Å²) in [5.74, 6) is -3.69. The van der Waals surface area contributed by atoms with Crippen molar-refractivity contribution >= 4 is 35.1 Å². The third-order valence-corrected chi connectivity index (χ3v) is 4.23. The quantitative estimate of drug-likeness (QED) is 0.577. The second-order valence-electron chi connectivity index (χ2n) is 6.12. The lowest BCUT2D eigenvalue weighted by atomic mass is 9.98. The van der Waals surface area contributed by atoms with Gasteiger partial charge in [0.25, 0.3) is 5.91 Å². The third-order valence-electron chi connectivity index (χ3n) is 4.23. The molecule has 2 atom stereocenters. The summed E-state index contributed by atoms with van der Waals surface area (Å²) in [5.41, 5.74) is 1.96. The first-order valence-corrected chi connectivity index (χ1v) is 7.69. The summed E-state index contributed by atoms with van der Waals surface area (Å²) in [6.07, 6.45) is 0. The number of imide groups is 1. The number of ether oxygens (including phenoxy) is 1. The van der Waals surface area contributed by atoms with Crippen molar-refractivity contribution < 1.29 is 23.9 Å². The van der Waals surface area contributed by atoms with Crippen molar-refractivity contribution in [3.8, 4) is 0 Å². The van der Waals surface area contributed by atoms with E-state index in [1.165, 1.54) is 6.92 Å². The molecule has 3 rings (SSSR count). The Morgan fingerprint density at radius 2 is 1.68 bits per heavy atom. The van der Waals surface area contributed by atoms with Crippen LogP contribution < -0.4 is 4.90 Å². The molecule has 8 nitrogen and oxygen atoms in total. The van der Waals surface area contributed by atoms with Gasteiger partial charge in [0.05, 0.1) is 12.8 Å². The van der Waals surface area contributed by atoms with E-state index in [4.69, 9.17) is 0 Å². The van der Waals surface area contributed by atoms with Crippen LogP contribution in [0.2, 0.25) is 0 Å². The summed E-state index contributed by atoms with van der Waals surface area (Å²) >= 11 is 0. The van der Waals surface area contributed by atoms with E-state index in [0.717, 1.165) is 28.1 Å². The molecule has 0 N–H and O–H groups in total. The molecule has 1 aromatic carbocycles. The van der Waals surface area contributed by atoms with Crippen LogP contribution in [-0.2, 0) is 23.9 Å². The minimum atomic E-state index is -1.15. The molecule has 0 unspecified atom stereocenters. The van der Waals surface area contributed by atoms with Gasteiger partial charge in [0, 0.05) is 6.92 Å². The summed E-state index contributed by atoms with van der Waals surface area (Å²) in [6, 6.07) is 4.17. The molecule has 0 saturated carbocycles. The second kappa shape index (κ2) is 5.80. The van der Waals surface area contributed by atoms with E-state index < -0.39 is 35.7 Å². The molecule has 2 aliphatic rings. The fourth-order valence-corrected chi connectivity index (χ4v) is 3.28. The molecule has 0 aromatic heterocycles. The number of hydrogen-bond donors (Lipinski definition) is 0. The standard InChI is InChI=1S/C17H17N3O5/c1-8-5-9(2)7-11(6-8)19-15(22)12-13(17(24)25-4)18-20(10(3)21)14(12)16(19)23/h5-7,12,14H,1-4H3/t12-,14+/m0/s1. The molecule has 25 heavy (non-hydrogen) atoms. The van der Waals surface area contributed by atoms with Crippen LogP contribution in [0.1, 0.15) is 18.1 Å². The molecule has 130 valence electrons. The number of nitrogens with zero attached hydrogens (tertiary/aromatic N) is 3. The number of anilines is 1. The van der Waals surface area contributed by atoms with E-state index in [-0.39, 0.29) is 5.71 Å². The molecule has 0 aliphatic carbocycles. The van der Waals surface area contributed by atoms with Crippen molar-refractivity contribution in [1.29, 1.82) is 0 Å². The van der Waals surface area contributed by atoms with Crippen molar-refractivity contribution in [3.05, 3.63) is 29.3 Å². The molecule has 0 radical (unpaired) electrons. The van der Waals surface area contributed by atoms with Gasteiger partial charge in [-0.15, -0.1) is 0 Å². The van der Waals surface area contributed by atoms with E-state index in [0.29, 0.717) is 5.69 Å². The van der Waals surface area contributed by atoms with Crippen LogP contribution in [0.4, 0.5) is 5.69 Å². The van der Waals surface area contributed by atoms with Crippen LogP contribution in [0.5, 0.6) is 0 Å². The summed E-state index contributed by atoms with van der Waals surface area (Å²) in [6.45, 7) is 4.93. The van der Waals surface area contributed by atoms with Crippen LogP contribution in [0, 0.1) is 19.8 Å². The highest BCUT2D eigenvalue weighted by Crippen LogP contribution is 2.36. The zero-order valence-corrected chi connectivity index (χ0v) is 14.3. The number of aryl methyl sites for hydroxylation is 2. The SMILES string of the molecule is COC(=O)C1=NN(C(C)=O)[C@H]2C(=O)N(c3cc(C)cc(C)c3)C(=O)[C@@H]12. The summed E-state index contributed by atoms with van der Waals surface area (Å²) in [4.78, 5) is 50.6. The highest BCUT2D eigenvalue weighted by atomic mass is 16.5. The van der Waals surface area contributed by atoms with Gasteiger partial charge in [-0.05, 0) is 37.1 Å². The van der Waals surface area contributed by atoms with E-state index in [2.05, 4.69) is 9.84 Å². The topological polar surface area (TPSA) is 96.3 Å². The first kappa shape index (κ1) is 16.8. The number of carbonyl (C=O) groups is 4. The van der Waals surface area contributed by atoms with Gasteiger partial charge in [-0.1, -0.05) is 6.07 Å². The Hall–Kier alpha value is -3.03. The van der Waals surface area contributed by atoms with E-state index in [1.807, 2.05) is 19.9 Å². The largest absolute Gasteiger partial charge is 0.464 e. The van der Waals surface area contributed by atoms with Gasteiger partial charge in [-0.25, -0.2) is 14.7 Å². The number of amides is 3. The van der Waals surface area contributed by atoms with Gasteiger partial charge < -0.3 is 4.74 Å². The van der Waals surface area contributed by atoms with Crippen molar-refractivity contribution in [3.63, 3.8) is 0 Å². The number of fused-ring (bicyclic) bond motifs is 1. The summed E-state index contributed by atoms with van der Waals surface area (Å²) < 4.78 is 4.64. The number of carbonyl (C=O) groups excluding carboxylic acids is 4. The Morgan fingerprint density at radius 1 is 1.08 bits per heavy atom. The fourth-order valence-electron chi connectivity index (χ4n) is 3.28. The first-order valence-electron chi connectivity index (χ1n) is 7.69. The molecule has 1 fully saturated rings. The molecule has 0 bridgehead atoms. The maximum Gasteiger partial charge on any atom is 0.355 e. The van der Waals surface area contributed by atoms with Gasteiger partial charge in [-0.2, -0.15) is 5.10 Å². The lowest BCUT2D eigenvalue weighted by Crippen LogP contribution is -2.41. The number of hydrazone groups is 1. The van der Waals surface area contributed by atoms with Crippen molar-refractivity contribution in [2.24, 2.45) is 11.0 Å². The number of esters is 1. The Bertz CT molecular complexity index is 824. The predicted octanol–water partition coefficient (Wildman–Crippen LogP) is 0.553. The number of rotatable bonds is 2. The lowest BCUT2D eigenvalue weighted by Gasteiger charge is -2.19. The van der Waals surface area contributed by atoms with Crippen molar-refractivity contribution in [2.45, 2.75) is 26.8 Å². The molecule has 2 heterocycles. The molecule has 1 saturated heterocycles. The van der Waals surface area contributed by atoms with E-state index in [9.17, 15) is 19.2 Å². The highest BCUT2D eigenvalue weighted by molar-refractivity contribution is 6.47. The van der Waals surface area contributed by atoms with Gasteiger partial charge in [0.2, 0.25) is 11.8 Å². The van der Waals surface area contributed by atoms with Crippen molar-refractivity contribution in [2.75, 3.05) is 12.0 Å². The van der Waals surface area contributed by atoms with E-state index >= 15 is 0 Å². The van der Waals surface area contributed by atoms with E-state index in [1.54, 1.807) is 12.1 Å². The molecular weight excluding hydrogens is 326 g/mol. The van der Waals surface area contributed by atoms with Gasteiger partial charge in [-0.3, -0.25) is 14.4 Å². The first-order chi connectivity index (χ1) is 11.8. The molecule has 3 amide bonds. The maximum absolute atomic E-state index is 12.9. The van der Waals surface area contributed by atoms with Gasteiger partial charge >= 0.3 is 5.97 Å². The molecular formula is C17H17N3O5. The fraction of sp³-hybridized carbons (Fsp3) is 0.353. The number of hydrogen-bond acceptors (Lipinski definition) is 6. The highest BCUT2D eigenvalue weighted by Gasteiger charge is 2.59. The van der Waals surface area contributed by atoms with Crippen LogP contribution >= 0.6 is 0 Å². The summed E-state index contributed by atoms with van der Waals surface area (Å²) in [7, 11) is 1.15. The average Bonchev–Trinajstić information content (AvgIpc) is 3.03. The Balaban J connectivity index is 2.09. The zero-order valence-electron chi connectivity index (χ0n) is 14.3. The van der Waals surface area contributed by atoms with Crippen LogP contribution in [0.15, 0.2) is 23.3 Å². The Kier molecular flexibility index (Phi) is 3.90. The van der Waals surface area contributed by atoms with Crippen molar-refractivity contribution in [1.82, 2.24) is 5.01 Å². The third kappa shape index (κ3) is 2.50. The zero-order chi connectivity index (χ0) is 18.5. The number of benzene rings is 1.